The molecule has 150 valence electrons. The third-order valence-corrected chi connectivity index (χ3v) is 4.98. The van der Waals surface area contributed by atoms with Gasteiger partial charge in [0.2, 0.25) is 0 Å². The molecule has 0 unspecified atom stereocenters. The first-order valence-corrected chi connectivity index (χ1v) is 9.71. The molecule has 0 atom stereocenters. The third-order valence-electron chi connectivity index (χ3n) is 4.68. The van der Waals surface area contributed by atoms with Gasteiger partial charge in [0.15, 0.2) is 17.5 Å². The van der Waals surface area contributed by atoms with E-state index in [0.717, 1.165) is 35.6 Å². The number of hydrogen-bond acceptors (Lipinski definition) is 4. The van der Waals surface area contributed by atoms with Crippen molar-refractivity contribution in [1.82, 2.24) is 0 Å². The van der Waals surface area contributed by atoms with E-state index in [4.69, 9.17) is 31.5 Å². The van der Waals surface area contributed by atoms with Crippen LogP contribution in [0.15, 0.2) is 41.4 Å². The molecule has 0 amide bonds. The van der Waals surface area contributed by atoms with Gasteiger partial charge in [0.1, 0.15) is 5.75 Å². The number of guanidine groups is 1. The molecule has 7 heteroatoms. The van der Waals surface area contributed by atoms with Crippen LogP contribution in [-0.4, -0.2) is 26.3 Å². The van der Waals surface area contributed by atoms with E-state index in [1.165, 1.54) is 12.8 Å². The number of rotatable bonds is 7. The second kappa shape index (κ2) is 9.55. The number of nitrogens with two attached hydrogens (primary N) is 1. The summed E-state index contributed by atoms with van der Waals surface area (Å²) < 4.78 is 16.7. The second-order valence-corrected chi connectivity index (χ2v) is 7.09. The van der Waals surface area contributed by atoms with E-state index >= 15 is 0 Å². The molecule has 1 saturated carbocycles. The van der Waals surface area contributed by atoms with Crippen LogP contribution in [0.3, 0.4) is 0 Å². The highest BCUT2D eigenvalue weighted by molar-refractivity contribution is 6.32. The first-order valence-electron chi connectivity index (χ1n) is 9.33. The molecule has 2 aromatic rings. The van der Waals surface area contributed by atoms with Crippen LogP contribution in [0.2, 0.25) is 5.02 Å². The molecule has 0 spiro atoms. The maximum atomic E-state index is 6.13. The summed E-state index contributed by atoms with van der Waals surface area (Å²) in [5, 5.41) is 3.54. The third kappa shape index (κ3) is 5.23. The lowest BCUT2D eigenvalue weighted by atomic mass is 10.2. The number of benzene rings is 2. The number of nitrogens with one attached hydrogen (secondary N) is 1. The number of ether oxygens (including phenoxy) is 3. The van der Waals surface area contributed by atoms with Crippen molar-refractivity contribution in [1.29, 1.82) is 0 Å². The largest absolute Gasteiger partial charge is 0.495 e. The van der Waals surface area contributed by atoms with Crippen LogP contribution >= 0.6 is 11.6 Å². The Balaban J connectivity index is 1.65. The quantitative estimate of drug-likeness (QED) is 0.521. The highest BCUT2D eigenvalue weighted by Crippen LogP contribution is 2.32. The van der Waals surface area contributed by atoms with Crippen molar-refractivity contribution in [3.05, 3.63) is 47.0 Å². The summed E-state index contributed by atoms with van der Waals surface area (Å²) in [4.78, 5) is 4.40. The zero-order valence-corrected chi connectivity index (χ0v) is 17.0. The summed E-state index contributed by atoms with van der Waals surface area (Å²) in [6, 6.07) is 11.2. The van der Waals surface area contributed by atoms with Crippen molar-refractivity contribution >= 4 is 23.2 Å². The molecule has 3 N–H and O–H groups in total. The molecule has 2 aromatic carbocycles. The molecule has 0 aliphatic heterocycles. The number of anilines is 1. The first-order chi connectivity index (χ1) is 13.6. The van der Waals surface area contributed by atoms with Crippen molar-refractivity contribution in [3.8, 4) is 17.2 Å². The summed E-state index contributed by atoms with van der Waals surface area (Å²) in [7, 11) is 3.22. The normalized spacial score (nSPS) is 14.8. The molecule has 6 nitrogen and oxygen atoms in total. The molecule has 3 rings (SSSR count). The van der Waals surface area contributed by atoms with Crippen molar-refractivity contribution < 1.29 is 14.2 Å². The van der Waals surface area contributed by atoms with E-state index in [2.05, 4.69) is 10.3 Å². The number of methoxy groups -OCH3 is 2. The van der Waals surface area contributed by atoms with Crippen LogP contribution < -0.4 is 25.3 Å². The molecule has 1 fully saturated rings. The van der Waals surface area contributed by atoms with Gasteiger partial charge >= 0.3 is 0 Å². The predicted molar refractivity (Wildman–Crippen MR) is 113 cm³/mol. The monoisotopic (exact) mass is 403 g/mol. The Morgan fingerprint density at radius 2 is 1.79 bits per heavy atom. The molecule has 0 bridgehead atoms. The molecular formula is C21H26ClN3O3. The van der Waals surface area contributed by atoms with E-state index in [1.54, 1.807) is 26.4 Å². The molecule has 0 heterocycles. The first kappa shape index (κ1) is 20.1. The van der Waals surface area contributed by atoms with Gasteiger partial charge in [-0.2, -0.15) is 0 Å². The van der Waals surface area contributed by atoms with E-state index < -0.39 is 0 Å². The van der Waals surface area contributed by atoms with Crippen molar-refractivity contribution in [2.75, 3.05) is 19.5 Å². The Morgan fingerprint density at radius 3 is 2.46 bits per heavy atom. The van der Waals surface area contributed by atoms with Crippen LogP contribution in [-0.2, 0) is 6.54 Å². The molecule has 1 aliphatic carbocycles. The van der Waals surface area contributed by atoms with Crippen LogP contribution in [0.1, 0.15) is 31.2 Å². The van der Waals surface area contributed by atoms with Gasteiger partial charge in [-0.1, -0.05) is 17.7 Å². The Hall–Kier alpha value is -2.60. The van der Waals surface area contributed by atoms with E-state index in [0.29, 0.717) is 23.3 Å². The summed E-state index contributed by atoms with van der Waals surface area (Å²) >= 11 is 6.13. The van der Waals surface area contributed by atoms with Gasteiger partial charge in [-0.15, -0.1) is 0 Å². The van der Waals surface area contributed by atoms with Crippen molar-refractivity contribution in [3.63, 3.8) is 0 Å². The molecule has 0 saturated heterocycles. The van der Waals surface area contributed by atoms with E-state index in [-0.39, 0.29) is 6.10 Å². The Labute approximate surface area is 170 Å². The lowest BCUT2D eigenvalue weighted by molar-refractivity contribution is 0.200. The number of nitrogens with zero attached hydrogens (tertiary/aromatic N) is 1. The smallest absolute Gasteiger partial charge is 0.193 e. The molecule has 0 aromatic heterocycles. The minimum atomic E-state index is 0.263. The Morgan fingerprint density at radius 1 is 1.07 bits per heavy atom. The minimum Gasteiger partial charge on any atom is -0.495 e. The van der Waals surface area contributed by atoms with Gasteiger partial charge in [-0.25, -0.2) is 4.99 Å². The average Bonchev–Trinajstić information content (AvgIpc) is 3.20. The number of hydrogen-bond donors (Lipinski definition) is 2. The maximum Gasteiger partial charge on any atom is 0.193 e. The Kier molecular flexibility index (Phi) is 6.87. The number of aliphatic imine (C=N–C) groups is 1. The molecular weight excluding hydrogens is 378 g/mol. The van der Waals surface area contributed by atoms with Gasteiger partial charge in [0.05, 0.1) is 31.9 Å². The fraction of sp³-hybridized carbons (Fsp3) is 0.381. The highest BCUT2D eigenvalue weighted by atomic mass is 35.5. The minimum absolute atomic E-state index is 0.263. The Bertz CT molecular complexity index is 836. The topological polar surface area (TPSA) is 78.1 Å². The van der Waals surface area contributed by atoms with Crippen molar-refractivity contribution in [2.45, 2.75) is 38.3 Å². The highest BCUT2D eigenvalue weighted by Gasteiger charge is 2.18. The van der Waals surface area contributed by atoms with E-state index in [9.17, 15) is 0 Å². The zero-order chi connectivity index (χ0) is 19.9. The fourth-order valence-corrected chi connectivity index (χ4v) is 3.46. The van der Waals surface area contributed by atoms with Gasteiger partial charge in [0, 0.05) is 5.69 Å². The SMILES string of the molecule is COc1ccc(NC(N)=NCc2ccc(OC)c(OC3CCCC3)c2)cc1Cl. The van der Waals surface area contributed by atoms with Gasteiger partial charge < -0.3 is 25.3 Å². The van der Waals surface area contributed by atoms with Gasteiger partial charge in [-0.05, 0) is 61.6 Å². The van der Waals surface area contributed by atoms with Crippen LogP contribution in [0.4, 0.5) is 5.69 Å². The second-order valence-electron chi connectivity index (χ2n) is 6.69. The van der Waals surface area contributed by atoms with E-state index in [1.807, 2.05) is 24.3 Å². The summed E-state index contributed by atoms with van der Waals surface area (Å²) in [5.74, 6) is 2.40. The fourth-order valence-electron chi connectivity index (χ4n) is 3.21. The average molecular weight is 404 g/mol. The number of halogens is 1. The van der Waals surface area contributed by atoms with Crippen LogP contribution in [0.25, 0.3) is 0 Å². The standard InChI is InChI=1S/C21H26ClN3O3/c1-26-18-10-8-15(12-17(18)22)25-21(23)24-13-14-7-9-19(27-2)20(11-14)28-16-5-3-4-6-16/h7-12,16H,3-6,13H2,1-2H3,(H3,23,24,25). The van der Waals surface area contributed by atoms with Crippen LogP contribution in [0.5, 0.6) is 17.2 Å². The summed E-state index contributed by atoms with van der Waals surface area (Å²) in [5.41, 5.74) is 7.74. The van der Waals surface area contributed by atoms with Gasteiger partial charge in [0.25, 0.3) is 0 Å². The molecule has 1 aliphatic rings. The summed E-state index contributed by atoms with van der Waals surface area (Å²) in [6.07, 6.45) is 4.88. The zero-order valence-electron chi connectivity index (χ0n) is 16.2. The van der Waals surface area contributed by atoms with Gasteiger partial charge in [-0.3, -0.25) is 0 Å². The predicted octanol–water partition coefficient (Wildman–Crippen LogP) is 4.61. The lowest BCUT2D eigenvalue weighted by Crippen LogP contribution is -2.22. The summed E-state index contributed by atoms with van der Waals surface area (Å²) in [6.45, 7) is 0.424. The van der Waals surface area contributed by atoms with Crippen LogP contribution in [0, 0.1) is 0 Å². The maximum absolute atomic E-state index is 6.13. The lowest BCUT2D eigenvalue weighted by Gasteiger charge is -2.16. The molecule has 0 radical (unpaired) electrons. The van der Waals surface area contributed by atoms with Crippen molar-refractivity contribution in [2.24, 2.45) is 10.7 Å². The molecule has 28 heavy (non-hydrogen) atoms.